The fraction of sp³-hybridized carbons (Fsp3) is 0.933. The summed E-state index contributed by atoms with van der Waals surface area (Å²) in [6.07, 6.45) is 2.42. The van der Waals surface area contributed by atoms with Gasteiger partial charge < -0.3 is 4.74 Å². The van der Waals surface area contributed by atoms with Gasteiger partial charge in [-0.25, -0.2) is 8.42 Å². The Morgan fingerprint density at radius 3 is 2.29 bits per heavy atom. The molecule has 2 fully saturated rings. The molecule has 2 bridgehead atoms. The van der Waals surface area contributed by atoms with E-state index in [0.717, 1.165) is 25.7 Å². The molecule has 2 aliphatic rings. The molecule has 2 rings (SSSR count). The van der Waals surface area contributed by atoms with Gasteiger partial charge in [-0.2, -0.15) is 17.6 Å². The summed E-state index contributed by atoms with van der Waals surface area (Å²) < 4.78 is 79.8. The molecular weight excluding hydrogens is 352 g/mol. The van der Waals surface area contributed by atoms with Gasteiger partial charge in [-0.1, -0.05) is 6.42 Å². The van der Waals surface area contributed by atoms with Crippen molar-refractivity contribution in [2.75, 3.05) is 12.9 Å². The maximum Gasteiger partial charge on any atom is 0.406 e. The number of carbonyl (C=O) groups is 1. The lowest BCUT2D eigenvalue weighted by molar-refractivity contribution is -0.162. The number of esters is 1. The molecule has 0 aliphatic heterocycles. The zero-order valence-corrected chi connectivity index (χ0v) is 14.3. The normalized spacial score (nSPS) is 27.5. The number of hydrogen-bond donors (Lipinski definition) is 0. The Morgan fingerprint density at radius 1 is 1.12 bits per heavy atom. The van der Waals surface area contributed by atoms with Crippen molar-refractivity contribution in [1.29, 1.82) is 0 Å². The molecule has 0 saturated heterocycles. The van der Waals surface area contributed by atoms with Crippen LogP contribution in [0, 0.1) is 17.8 Å². The highest BCUT2D eigenvalue weighted by Gasteiger charge is 2.62. The minimum atomic E-state index is -5.20. The Bertz CT molecular complexity index is 576. The van der Waals surface area contributed by atoms with E-state index in [-0.39, 0.29) is 37.6 Å². The van der Waals surface area contributed by atoms with Crippen molar-refractivity contribution in [1.82, 2.24) is 0 Å². The molecule has 4 nitrogen and oxygen atoms in total. The number of alkyl halides is 4. The van der Waals surface area contributed by atoms with Crippen LogP contribution in [0.1, 0.15) is 44.9 Å². The summed E-state index contributed by atoms with van der Waals surface area (Å²) in [5.41, 5.74) is 0. The summed E-state index contributed by atoms with van der Waals surface area (Å²) in [7, 11) is -5.20. The van der Waals surface area contributed by atoms with Crippen LogP contribution in [0.3, 0.4) is 0 Å². The average Bonchev–Trinajstić information content (AvgIpc) is 3.07. The molecule has 3 unspecified atom stereocenters. The fourth-order valence-corrected chi connectivity index (χ4v) is 4.32. The third kappa shape index (κ3) is 3.86. The highest BCUT2D eigenvalue weighted by molar-refractivity contribution is 7.91. The second kappa shape index (κ2) is 6.80. The Hall–Kier alpha value is -0.860. The zero-order chi connectivity index (χ0) is 18.2. The predicted molar refractivity (Wildman–Crippen MR) is 78.5 cm³/mol. The van der Waals surface area contributed by atoms with Gasteiger partial charge >= 0.3 is 17.1 Å². The van der Waals surface area contributed by atoms with Gasteiger partial charge in [0.25, 0.3) is 0 Å². The molecule has 0 amide bonds. The first-order chi connectivity index (χ1) is 11.0. The van der Waals surface area contributed by atoms with Crippen LogP contribution in [0.25, 0.3) is 0 Å². The molecular formula is C15H22F4O4S. The van der Waals surface area contributed by atoms with Gasteiger partial charge in [0, 0.05) is 12.7 Å². The Balaban J connectivity index is 1.70. The first-order valence-electron chi connectivity index (χ1n) is 8.07. The summed E-state index contributed by atoms with van der Waals surface area (Å²) >= 11 is 0. The quantitative estimate of drug-likeness (QED) is 0.371. The van der Waals surface area contributed by atoms with Gasteiger partial charge in [-0.15, -0.1) is 0 Å². The second-order valence-electron chi connectivity index (χ2n) is 6.90. The minimum absolute atomic E-state index is 0.0119. The van der Waals surface area contributed by atoms with E-state index < -0.39 is 27.4 Å². The van der Waals surface area contributed by atoms with Crippen LogP contribution in [0.15, 0.2) is 0 Å². The van der Waals surface area contributed by atoms with E-state index in [4.69, 9.17) is 4.74 Å². The van der Waals surface area contributed by atoms with Crippen LogP contribution in [0.4, 0.5) is 17.6 Å². The molecule has 2 saturated carbocycles. The van der Waals surface area contributed by atoms with Gasteiger partial charge in [0.15, 0.2) is 0 Å². The monoisotopic (exact) mass is 374 g/mol. The van der Waals surface area contributed by atoms with Gasteiger partial charge in [0.1, 0.15) is 0 Å². The lowest BCUT2D eigenvalue weighted by atomic mass is 9.89. The lowest BCUT2D eigenvalue weighted by Crippen LogP contribution is -2.46. The van der Waals surface area contributed by atoms with Crippen molar-refractivity contribution in [3.8, 4) is 0 Å². The highest BCUT2D eigenvalue weighted by atomic mass is 32.2. The molecule has 9 heteroatoms. The molecule has 0 spiro atoms. The van der Waals surface area contributed by atoms with Crippen LogP contribution in [0.5, 0.6) is 0 Å². The number of sulfone groups is 1. The van der Waals surface area contributed by atoms with E-state index >= 15 is 0 Å². The first kappa shape index (κ1) is 19.5. The maximum absolute atomic E-state index is 13.4. The minimum Gasteiger partial charge on any atom is -0.465 e. The van der Waals surface area contributed by atoms with Gasteiger partial charge in [-0.3, -0.25) is 4.79 Å². The molecule has 0 heterocycles. The van der Waals surface area contributed by atoms with E-state index in [0.29, 0.717) is 11.8 Å². The van der Waals surface area contributed by atoms with E-state index in [1.54, 1.807) is 0 Å². The van der Waals surface area contributed by atoms with Crippen LogP contribution in [-0.4, -0.2) is 38.4 Å². The summed E-state index contributed by atoms with van der Waals surface area (Å²) in [6, 6.07) is 0. The molecule has 0 N–H and O–H groups in total. The third-order valence-corrected chi connectivity index (χ3v) is 6.29. The molecule has 2 aliphatic carbocycles. The van der Waals surface area contributed by atoms with Crippen molar-refractivity contribution in [3.05, 3.63) is 0 Å². The molecule has 0 aromatic carbocycles. The van der Waals surface area contributed by atoms with Gasteiger partial charge in [0.05, 0.1) is 12.5 Å². The highest BCUT2D eigenvalue weighted by Crippen LogP contribution is 2.48. The van der Waals surface area contributed by atoms with Crippen molar-refractivity contribution < 1.29 is 35.5 Å². The number of halogens is 4. The standard InChI is InChI=1S/C15H22F4O4S/c1-24(21,22)15(18,19)14(16,17)6-2-3-7-23-13(20)12-9-10-4-5-11(12)8-10/h10-12H,2-9H2,1H3. The Labute approximate surface area is 138 Å². The predicted octanol–water partition coefficient (Wildman–Crippen LogP) is 3.41. The summed E-state index contributed by atoms with van der Waals surface area (Å²) in [5.74, 6) is -4.19. The first-order valence-corrected chi connectivity index (χ1v) is 9.97. The Kier molecular flexibility index (Phi) is 5.52. The van der Waals surface area contributed by atoms with E-state index in [1.807, 2.05) is 0 Å². The third-order valence-electron chi connectivity index (χ3n) is 5.06. The SMILES string of the molecule is CS(=O)(=O)C(F)(F)C(F)(F)CCCCOC(=O)C1CC2CCC1C2. The van der Waals surface area contributed by atoms with Crippen LogP contribution in [0.2, 0.25) is 0 Å². The molecule has 0 aromatic heterocycles. The number of unbranched alkanes of at least 4 members (excludes halogenated alkanes) is 1. The molecule has 24 heavy (non-hydrogen) atoms. The van der Waals surface area contributed by atoms with Crippen molar-refractivity contribution in [2.24, 2.45) is 17.8 Å². The van der Waals surface area contributed by atoms with E-state index in [1.165, 1.54) is 0 Å². The topological polar surface area (TPSA) is 60.4 Å². The van der Waals surface area contributed by atoms with E-state index in [2.05, 4.69) is 0 Å². The molecule has 140 valence electrons. The van der Waals surface area contributed by atoms with Crippen molar-refractivity contribution in [3.63, 3.8) is 0 Å². The van der Waals surface area contributed by atoms with Gasteiger partial charge in [0.2, 0.25) is 9.84 Å². The number of ether oxygens (including phenoxy) is 1. The van der Waals surface area contributed by atoms with Crippen molar-refractivity contribution in [2.45, 2.75) is 56.1 Å². The van der Waals surface area contributed by atoms with E-state index in [9.17, 15) is 30.8 Å². The Morgan fingerprint density at radius 2 is 1.79 bits per heavy atom. The summed E-state index contributed by atoms with van der Waals surface area (Å²) in [4.78, 5) is 11.9. The number of rotatable bonds is 8. The molecule has 0 aromatic rings. The van der Waals surface area contributed by atoms with Gasteiger partial charge in [-0.05, 0) is 43.9 Å². The zero-order valence-electron chi connectivity index (χ0n) is 13.4. The fourth-order valence-electron chi connectivity index (χ4n) is 3.68. The van der Waals surface area contributed by atoms with Crippen LogP contribution in [-0.2, 0) is 19.4 Å². The second-order valence-corrected chi connectivity index (χ2v) is 8.96. The smallest absolute Gasteiger partial charge is 0.406 e. The summed E-state index contributed by atoms with van der Waals surface area (Å²) in [5, 5.41) is -5.10. The number of hydrogen-bond acceptors (Lipinski definition) is 4. The average molecular weight is 374 g/mol. The molecule has 0 radical (unpaired) electrons. The summed E-state index contributed by atoms with van der Waals surface area (Å²) in [6.45, 7) is -0.118. The number of fused-ring (bicyclic) bond motifs is 2. The number of carbonyl (C=O) groups excluding carboxylic acids is 1. The van der Waals surface area contributed by atoms with Crippen LogP contribution >= 0.6 is 0 Å². The largest absolute Gasteiger partial charge is 0.465 e. The van der Waals surface area contributed by atoms with Crippen LogP contribution < -0.4 is 0 Å². The maximum atomic E-state index is 13.4. The lowest BCUT2D eigenvalue weighted by Gasteiger charge is -2.24. The van der Waals surface area contributed by atoms with Crippen molar-refractivity contribution >= 4 is 15.8 Å². The molecule has 3 atom stereocenters.